The highest BCUT2D eigenvalue weighted by Gasteiger charge is 2.44. The van der Waals surface area contributed by atoms with Crippen molar-refractivity contribution in [1.29, 1.82) is 0 Å². The zero-order valence-electron chi connectivity index (χ0n) is 15.3. The third kappa shape index (κ3) is 3.99. The van der Waals surface area contributed by atoms with Gasteiger partial charge in [-0.1, -0.05) is 30.3 Å². The lowest BCUT2D eigenvalue weighted by Crippen LogP contribution is -2.53. The third-order valence-electron chi connectivity index (χ3n) is 5.10. The minimum absolute atomic E-state index is 0.00902. The zero-order valence-corrected chi connectivity index (χ0v) is 15.3. The van der Waals surface area contributed by atoms with E-state index in [0.717, 1.165) is 5.56 Å². The number of carbonyl (C=O) groups excluding carboxylic acids is 2. The number of para-hydroxylation sites is 1. The van der Waals surface area contributed by atoms with Crippen molar-refractivity contribution in [3.8, 4) is 5.75 Å². The Morgan fingerprint density at radius 3 is 2.61 bits per heavy atom. The van der Waals surface area contributed by atoms with Gasteiger partial charge in [0.25, 0.3) is 5.91 Å². The molecule has 2 atom stereocenters. The molecule has 2 aromatic carbocycles. The zero-order chi connectivity index (χ0) is 19.5. The Kier molecular flexibility index (Phi) is 5.25. The maximum absolute atomic E-state index is 13.1. The Morgan fingerprint density at radius 2 is 1.86 bits per heavy atom. The molecule has 4 rings (SSSR count). The molecule has 7 heteroatoms. The number of amides is 2. The molecule has 0 saturated carbocycles. The second-order valence-corrected chi connectivity index (χ2v) is 6.97. The van der Waals surface area contributed by atoms with Crippen molar-refractivity contribution < 1.29 is 23.5 Å². The minimum atomic E-state index is -0.314. The lowest BCUT2D eigenvalue weighted by Gasteiger charge is -2.36. The van der Waals surface area contributed by atoms with Gasteiger partial charge < -0.3 is 19.3 Å². The number of rotatable bonds is 5. The number of fused-ring (bicyclic) bond motifs is 1. The lowest BCUT2D eigenvalue weighted by molar-refractivity contribution is -0.153. The normalized spacial score (nSPS) is 21.5. The van der Waals surface area contributed by atoms with Gasteiger partial charge in [0.15, 0.2) is 6.61 Å². The van der Waals surface area contributed by atoms with Gasteiger partial charge in [0.05, 0.1) is 12.1 Å². The summed E-state index contributed by atoms with van der Waals surface area (Å²) in [5, 5.41) is 0. The molecule has 0 radical (unpaired) electrons. The summed E-state index contributed by atoms with van der Waals surface area (Å²) in [4.78, 5) is 28.3. The number of likely N-dealkylation sites (tertiary alicyclic amines) is 1. The molecule has 0 N–H and O–H groups in total. The molecule has 2 fully saturated rings. The standard InChI is InChI=1S/C21H21FN2O4/c22-16-8-6-15(7-9-16)10-24-18-11-23(12-19(18)28-14-21(24)26)20(25)13-27-17-4-2-1-3-5-17/h1-9,18-19H,10-14H2/t18-,19+/m1/s1. The molecule has 0 aliphatic carbocycles. The van der Waals surface area contributed by atoms with Gasteiger partial charge >= 0.3 is 0 Å². The van der Waals surface area contributed by atoms with Crippen LogP contribution >= 0.6 is 0 Å². The van der Waals surface area contributed by atoms with E-state index in [4.69, 9.17) is 9.47 Å². The first-order valence-electron chi connectivity index (χ1n) is 9.21. The summed E-state index contributed by atoms with van der Waals surface area (Å²) in [6, 6.07) is 15.0. The number of hydrogen-bond acceptors (Lipinski definition) is 4. The lowest BCUT2D eigenvalue weighted by atomic mass is 10.1. The van der Waals surface area contributed by atoms with Crippen LogP contribution in [-0.4, -0.2) is 60.1 Å². The van der Waals surface area contributed by atoms with Gasteiger partial charge in [-0.3, -0.25) is 9.59 Å². The van der Waals surface area contributed by atoms with Crippen LogP contribution in [0.25, 0.3) is 0 Å². The van der Waals surface area contributed by atoms with Crippen LogP contribution in [-0.2, 0) is 20.9 Å². The average Bonchev–Trinajstić information content (AvgIpc) is 3.15. The molecule has 2 heterocycles. The van der Waals surface area contributed by atoms with E-state index in [-0.39, 0.29) is 43.0 Å². The minimum Gasteiger partial charge on any atom is -0.484 e. The van der Waals surface area contributed by atoms with Crippen molar-refractivity contribution in [1.82, 2.24) is 9.80 Å². The van der Waals surface area contributed by atoms with Gasteiger partial charge in [0, 0.05) is 19.6 Å². The van der Waals surface area contributed by atoms with Crippen molar-refractivity contribution in [2.45, 2.75) is 18.7 Å². The fourth-order valence-electron chi connectivity index (χ4n) is 3.61. The van der Waals surface area contributed by atoms with Crippen molar-refractivity contribution in [3.63, 3.8) is 0 Å². The topological polar surface area (TPSA) is 59.1 Å². The molecular formula is C21H21FN2O4. The summed E-state index contributed by atoms with van der Waals surface area (Å²) in [5.74, 6) is 0.0549. The van der Waals surface area contributed by atoms with Gasteiger partial charge in [0.1, 0.15) is 18.2 Å². The van der Waals surface area contributed by atoms with Crippen LogP contribution in [0.1, 0.15) is 5.56 Å². The molecular weight excluding hydrogens is 363 g/mol. The molecule has 2 aliphatic rings. The van der Waals surface area contributed by atoms with Crippen molar-refractivity contribution in [2.24, 2.45) is 0 Å². The number of benzene rings is 2. The van der Waals surface area contributed by atoms with Crippen LogP contribution in [0.5, 0.6) is 5.75 Å². The Labute approximate surface area is 162 Å². The molecule has 0 spiro atoms. The van der Waals surface area contributed by atoms with E-state index in [2.05, 4.69) is 0 Å². The Hall–Kier alpha value is -2.93. The first-order chi connectivity index (χ1) is 13.6. The maximum atomic E-state index is 13.1. The van der Waals surface area contributed by atoms with Crippen LogP contribution in [0, 0.1) is 5.82 Å². The summed E-state index contributed by atoms with van der Waals surface area (Å²) in [7, 11) is 0. The molecule has 2 amide bonds. The van der Waals surface area contributed by atoms with Crippen molar-refractivity contribution in [2.75, 3.05) is 26.3 Å². The van der Waals surface area contributed by atoms with Crippen LogP contribution < -0.4 is 4.74 Å². The molecule has 0 unspecified atom stereocenters. The Bertz CT molecular complexity index is 843. The van der Waals surface area contributed by atoms with Crippen LogP contribution in [0.4, 0.5) is 4.39 Å². The maximum Gasteiger partial charge on any atom is 0.260 e. The van der Waals surface area contributed by atoms with E-state index in [9.17, 15) is 14.0 Å². The SMILES string of the molecule is O=C(COc1ccccc1)N1C[C@@H]2OCC(=O)N(Cc3ccc(F)cc3)[C@@H]2C1. The molecule has 2 aromatic rings. The van der Waals surface area contributed by atoms with Crippen LogP contribution in [0.3, 0.4) is 0 Å². The molecule has 146 valence electrons. The summed E-state index contributed by atoms with van der Waals surface area (Å²) >= 11 is 0. The number of morpholine rings is 1. The summed E-state index contributed by atoms with van der Waals surface area (Å²) < 4.78 is 24.3. The Balaban J connectivity index is 1.39. The van der Waals surface area contributed by atoms with Crippen molar-refractivity contribution >= 4 is 11.8 Å². The molecule has 2 saturated heterocycles. The molecule has 28 heavy (non-hydrogen) atoms. The van der Waals surface area contributed by atoms with E-state index in [0.29, 0.717) is 25.4 Å². The van der Waals surface area contributed by atoms with Gasteiger partial charge in [-0.05, 0) is 29.8 Å². The number of nitrogens with zero attached hydrogens (tertiary/aromatic N) is 2. The third-order valence-corrected chi connectivity index (χ3v) is 5.10. The fraction of sp³-hybridized carbons (Fsp3) is 0.333. The quantitative estimate of drug-likeness (QED) is 0.789. The highest BCUT2D eigenvalue weighted by molar-refractivity contribution is 5.80. The molecule has 6 nitrogen and oxygen atoms in total. The van der Waals surface area contributed by atoms with E-state index in [1.807, 2.05) is 18.2 Å². The van der Waals surface area contributed by atoms with Gasteiger partial charge in [0.2, 0.25) is 5.91 Å². The fourth-order valence-corrected chi connectivity index (χ4v) is 3.61. The molecule has 0 aromatic heterocycles. The second kappa shape index (κ2) is 7.98. The van der Waals surface area contributed by atoms with Crippen LogP contribution in [0.2, 0.25) is 0 Å². The average molecular weight is 384 g/mol. The van der Waals surface area contributed by atoms with Gasteiger partial charge in [-0.25, -0.2) is 4.39 Å². The first-order valence-corrected chi connectivity index (χ1v) is 9.21. The van der Waals surface area contributed by atoms with E-state index >= 15 is 0 Å². The van der Waals surface area contributed by atoms with Gasteiger partial charge in [-0.15, -0.1) is 0 Å². The highest BCUT2D eigenvalue weighted by Crippen LogP contribution is 2.25. The summed E-state index contributed by atoms with van der Waals surface area (Å²) in [5.41, 5.74) is 0.840. The van der Waals surface area contributed by atoms with E-state index < -0.39 is 0 Å². The Morgan fingerprint density at radius 1 is 1.11 bits per heavy atom. The number of hydrogen-bond donors (Lipinski definition) is 0. The predicted octanol–water partition coefficient (Wildman–Crippen LogP) is 1.84. The number of halogens is 1. The first kappa shape index (κ1) is 18.4. The predicted molar refractivity (Wildman–Crippen MR) is 99.0 cm³/mol. The van der Waals surface area contributed by atoms with Gasteiger partial charge in [-0.2, -0.15) is 0 Å². The molecule has 2 aliphatic heterocycles. The largest absolute Gasteiger partial charge is 0.484 e. The number of carbonyl (C=O) groups is 2. The second-order valence-electron chi connectivity index (χ2n) is 6.97. The summed E-state index contributed by atoms with van der Waals surface area (Å²) in [6.45, 7) is 1.12. The summed E-state index contributed by atoms with van der Waals surface area (Å²) in [6.07, 6.45) is -0.223. The number of ether oxygens (including phenoxy) is 2. The smallest absolute Gasteiger partial charge is 0.260 e. The molecule has 0 bridgehead atoms. The van der Waals surface area contributed by atoms with E-state index in [1.54, 1.807) is 34.1 Å². The van der Waals surface area contributed by atoms with Crippen LogP contribution in [0.15, 0.2) is 54.6 Å². The monoisotopic (exact) mass is 384 g/mol. The van der Waals surface area contributed by atoms with E-state index in [1.165, 1.54) is 12.1 Å². The van der Waals surface area contributed by atoms with Crippen molar-refractivity contribution in [3.05, 3.63) is 66.0 Å². The highest BCUT2D eigenvalue weighted by atomic mass is 19.1.